The van der Waals surface area contributed by atoms with Gasteiger partial charge in [-0.15, -0.1) is 0 Å². The molecule has 0 saturated heterocycles. The lowest BCUT2D eigenvalue weighted by Gasteiger charge is -2.34. The third kappa shape index (κ3) is 7.23. The first kappa shape index (κ1) is 20.5. The number of hydrogen-bond acceptors (Lipinski definition) is 7. The van der Waals surface area contributed by atoms with Gasteiger partial charge in [0.25, 0.3) is 0 Å². The predicted molar refractivity (Wildman–Crippen MR) is 142 cm³/mol. The van der Waals surface area contributed by atoms with Crippen molar-refractivity contribution in [2.24, 2.45) is 0 Å². The fourth-order valence-corrected chi connectivity index (χ4v) is 4.51. The van der Waals surface area contributed by atoms with Gasteiger partial charge in [-0.1, -0.05) is 30.3 Å². The molecule has 7 nitrogen and oxygen atoms in total. The van der Waals surface area contributed by atoms with E-state index in [1.54, 1.807) is 44.2 Å². The Morgan fingerprint density at radius 3 is 2.38 bits per heavy atom. The van der Waals surface area contributed by atoms with E-state index in [9.17, 15) is 14.7 Å². The average Bonchev–Trinajstić information content (AvgIpc) is 2.88. The van der Waals surface area contributed by atoms with Crippen molar-refractivity contribution in [2.75, 3.05) is 27.3 Å². The number of ether oxygens (including phenoxy) is 4. The van der Waals surface area contributed by atoms with E-state index in [1.807, 2.05) is 18.2 Å². The summed E-state index contributed by atoms with van der Waals surface area (Å²) >= 11 is 0. The first-order chi connectivity index (χ1) is 20.1. The molecule has 0 spiro atoms. The first-order valence-corrected chi connectivity index (χ1v) is 12.2. The predicted octanol–water partition coefficient (Wildman–Crippen LogP) is 5.13. The van der Waals surface area contributed by atoms with Crippen LogP contribution >= 0.6 is 0 Å². The van der Waals surface area contributed by atoms with Crippen LogP contribution in [0.1, 0.15) is 58.0 Å². The standard InChI is InChI=1S/C15H20O4.C15H16O3/c1-3-19-14(16)10-15(17)8-4-5-11-6-7-12(18-2)9-13(11)15;1-3-18-15(16)9-12-6-4-5-11-7-8-13(17-2)10-14(11)12/h6-7,9,17H,3-5,8,10H2,1-2H3;4-8,10H,3,9H2,1-2H3/i2*2D3. The molecule has 0 aliphatic heterocycles. The summed E-state index contributed by atoms with van der Waals surface area (Å²) in [6, 6.07) is 15.4. The van der Waals surface area contributed by atoms with Crippen molar-refractivity contribution in [3.63, 3.8) is 0 Å². The van der Waals surface area contributed by atoms with Crippen molar-refractivity contribution in [1.29, 1.82) is 0 Å². The van der Waals surface area contributed by atoms with Crippen LogP contribution in [0, 0.1) is 0 Å². The average molecular weight is 515 g/mol. The molecule has 1 N–H and O–H groups in total. The van der Waals surface area contributed by atoms with Gasteiger partial charge in [-0.25, -0.2) is 0 Å². The van der Waals surface area contributed by atoms with E-state index in [2.05, 4.69) is 0 Å². The molecule has 7 heteroatoms. The lowest BCUT2D eigenvalue weighted by atomic mass is 9.77. The number of benzene rings is 3. The van der Waals surface area contributed by atoms with Gasteiger partial charge in [0.05, 0.1) is 48.4 Å². The number of methoxy groups -OCH3 is 2. The van der Waals surface area contributed by atoms with E-state index in [4.69, 9.17) is 27.2 Å². The van der Waals surface area contributed by atoms with Crippen LogP contribution in [0.4, 0.5) is 0 Å². The van der Waals surface area contributed by atoms with Crippen molar-refractivity contribution in [2.45, 2.75) is 51.6 Å². The zero-order chi connectivity index (χ0) is 31.8. The molecular weight excluding hydrogens is 472 g/mol. The van der Waals surface area contributed by atoms with Gasteiger partial charge >= 0.3 is 11.9 Å². The molecule has 3 aromatic carbocycles. The van der Waals surface area contributed by atoms with E-state index in [0.717, 1.165) is 34.7 Å². The van der Waals surface area contributed by atoms with Crippen LogP contribution in [0.3, 0.4) is 0 Å². The zero-order valence-corrected chi connectivity index (χ0v) is 21.0. The number of fused-ring (bicyclic) bond motifs is 2. The van der Waals surface area contributed by atoms with Crippen LogP contribution in [0.5, 0.6) is 11.5 Å². The van der Waals surface area contributed by atoms with E-state index < -0.39 is 25.6 Å². The molecular formula is C30H36O7. The number of carbonyl (C=O) groups excluding carboxylic acids is 2. The van der Waals surface area contributed by atoms with E-state index in [-0.39, 0.29) is 36.9 Å². The van der Waals surface area contributed by atoms with Gasteiger partial charge in [0, 0.05) is 0 Å². The minimum absolute atomic E-state index is 0.141. The molecule has 0 amide bonds. The minimum Gasteiger partial charge on any atom is -0.497 e. The third-order valence-corrected chi connectivity index (χ3v) is 6.18. The molecule has 1 aliphatic rings. The molecule has 4 rings (SSSR count). The number of carbonyl (C=O) groups is 2. The lowest BCUT2D eigenvalue weighted by Crippen LogP contribution is -2.33. The maximum Gasteiger partial charge on any atom is 0.310 e. The summed E-state index contributed by atoms with van der Waals surface area (Å²) in [5, 5.41) is 12.5. The Morgan fingerprint density at radius 2 is 1.65 bits per heavy atom. The zero-order valence-electron chi connectivity index (χ0n) is 27.0. The second kappa shape index (κ2) is 13.1. The molecule has 3 aromatic rings. The molecule has 1 aliphatic carbocycles. The quantitative estimate of drug-likeness (QED) is 0.417. The fourth-order valence-electron chi connectivity index (χ4n) is 4.51. The highest BCUT2D eigenvalue weighted by molar-refractivity contribution is 5.90. The van der Waals surface area contributed by atoms with Crippen LogP contribution < -0.4 is 9.47 Å². The molecule has 0 fully saturated rings. The first-order valence-electron chi connectivity index (χ1n) is 15.2. The summed E-state index contributed by atoms with van der Waals surface area (Å²) in [5.41, 5.74) is 0.889. The second-order valence-electron chi connectivity index (χ2n) is 8.67. The van der Waals surface area contributed by atoms with Crippen LogP contribution in [-0.4, -0.2) is 44.3 Å². The summed E-state index contributed by atoms with van der Waals surface area (Å²) in [6.07, 6.45) is 1.94. The van der Waals surface area contributed by atoms with Gasteiger partial charge < -0.3 is 24.1 Å². The highest BCUT2D eigenvalue weighted by Crippen LogP contribution is 2.39. The largest absolute Gasteiger partial charge is 0.497 e. The molecule has 1 atom stereocenters. The highest BCUT2D eigenvalue weighted by atomic mass is 16.5. The Morgan fingerprint density at radius 1 is 0.946 bits per heavy atom. The van der Waals surface area contributed by atoms with Gasteiger partial charge in [-0.2, -0.15) is 0 Å². The van der Waals surface area contributed by atoms with Crippen LogP contribution in [0.15, 0.2) is 54.6 Å². The smallest absolute Gasteiger partial charge is 0.310 e. The normalized spacial score (nSPS) is 19.2. The number of aryl methyl sites for hydroxylation is 1. The Bertz CT molecular complexity index is 1420. The minimum atomic E-state index is -2.55. The monoisotopic (exact) mass is 514 g/mol. The van der Waals surface area contributed by atoms with Gasteiger partial charge in [0.1, 0.15) is 17.1 Å². The van der Waals surface area contributed by atoms with E-state index in [1.165, 1.54) is 6.07 Å². The van der Waals surface area contributed by atoms with Crippen molar-refractivity contribution < 1.29 is 41.9 Å². The lowest BCUT2D eigenvalue weighted by molar-refractivity contribution is -0.150. The van der Waals surface area contributed by atoms with Crippen molar-refractivity contribution in [3.05, 3.63) is 71.3 Å². The van der Waals surface area contributed by atoms with Crippen LogP contribution in [-0.2, 0) is 37.5 Å². The number of rotatable bonds is 8. The van der Waals surface area contributed by atoms with Gasteiger partial charge in [-0.05, 0) is 84.8 Å². The molecule has 37 heavy (non-hydrogen) atoms. The van der Waals surface area contributed by atoms with Gasteiger partial charge in [-0.3, -0.25) is 9.59 Å². The summed E-state index contributed by atoms with van der Waals surface area (Å²) in [7, 11) is -5.05. The summed E-state index contributed by atoms with van der Waals surface area (Å²) in [4.78, 5) is 23.4. The molecule has 1 unspecified atom stereocenters. The van der Waals surface area contributed by atoms with Crippen LogP contribution in [0.2, 0.25) is 0 Å². The Labute approximate surface area is 226 Å². The highest BCUT2D eigenvalue weighted by Gasteiger charge is 2.37. The maximum absolute atomic E-state index is 11.7. The second-order valence-corrected chi connectivity index (χ2v) is 8.67. The fraction of sp³-hybridized carbons (Fsp3) is 0.400. The molecule has 198 valence electrons. The SMILES string of the molecule is [2H]C([2H])([2H])Oc1ccc2c(c1)C(O)(CC(=O)OCC)CCC2.[2H]C([2H])([2H])Oc1ccc2cccc(CC(=O)OCC)c2c1. The Kier molecular flexibility index (Phi) is 7.25. The third-order valence-electron chi connectivity index (χ3n) is 6.18. The Balaban J connectivity index is 0.000000236. The van der Waals surface area contributed by atoms with Crippen molar-refractivity contribution in [3.8, 4) is 11.5 Å². The maximum atomic E-state index is 11.7. The molecule has 0 radical (unpaired) electrons. The van der Waals surface area contributed by atoms with Gasteiger partial charge in [0.2, 0.25) is 0 Å². The van der Waals surface area contributed by atoms with E-state index >= 15 is 0 Å². The number of hydrogen-bond donors (Lipinski definition) is 1. The van der Waals surface area contributed by atoms with Gasteiger partial charge in [0.15, 0.2) is 0 Å². The summed E-state index contributed by atoms with van der Waals surface area (Å²) in [6.45, 7) is 4.04. The number of aliphatic hydroxyl groups is 1. The Hall–Kier alpha value is -3.58. The molecule has 0 saturated carbocycles. The summed E-state index contributed by atoms with van der Waals surface area (Å²) < 4.78 is 62.5. The topological polar surface area (TPSA) is 91.3 Å². The van der Waals surface area contributed by atoms with Crippen molar-refractivity contribution >= 4 is 22.7 Å². The molecule has 0 aromatic heterocycles. The van der Waals surface area contributed by atoms with E-state index in [0.29, 0.717) is 18.6 Å². The number of esters is 2. The van der Waals surface area contributed by atoms with Crippen molar-refractivity contribution in [1.82, 2.24) is 0 Å². The van der Waals surface area contributed by atoms with Crippen LogP contribution in [0.25, 0.3) is 10.8 Å². The molecule has 0 heterocycles. The molecule has 0 bridgehead atoms. The summed E-state index contributed by atoms with van der Waals surface area (Å²) in [5.74, 6) is -0.381.